The van der Waals surface area contributed by atoms with E-state index >= 15 is 4.39 Å². The van der Waals surface area contributed by atoms with Gasteiger partial charge in [-0.1, -0.05) is 11.6 Å². The molecule has 0 atom stereocenters. The number of likely N-dealkylation sites (N-methyl/N-ethyl adjacent to an activating group) is 1. The molecule has 2 aromatic rings. The number of aliphatic imine (C=N–C) groups is 1. The van der Waals surface area contributed by atoms with E-state index in [1.165, 1.54) is 6.07 Å². The second-order valence-corrected chi connectivity index (χ2v) is 8.80. The first-order chi connectivity index (χ1) is 16.4. The number of piperazine rings is 1. The smallest absolute Gasteiger partial charge is 0.230 e. The molecule has 0 amide bonds. The van der Waals surface area contributed by atoms with E-state index in [4.69, 9.17) is 4.74 Å². The highest BCUT2D eigenvalue weighted by atomic mass is 19.1. The maximum absolute atomic E-state index is 15.2. The Bertz CT molecular complexity index is 1220. The lowest BCUT2D eigenvalue weighted by molar-refractivity contribution is 0.310. The van der Waals surface area contributed by atoms with Gasteiger partial charge < -0.3 is 25.0 Å². The molecule has 5 rings (SSSR count). The minimum absolute atomic E-state index is 0.0730. The molecule has 3 heterocycles. The first-order valence-corrected chi connectivity index (χ1v) is 11.2. The van der Waals surface area contributed by atoms with Crippen LogP contribution in [0.2, 0.25) is 0 Å². The lowest BCUT2D eigenvalue weighted by Crippen LogP contribution is -2.45. The Kier molecular flexibility index (Phi) is 6.01. The van der Waals surface area contributed by atoms with Gasteiger partial charge in [0.05, 0.1) is 13.2 Å². The topological polar surface area (TPSA) is 86.1 Å². The van der Waals surface area contributed by atoms with E-state index in [2.05, 4.69) is 32.2 Å². The average Bonchev–Trinajstić information content (AvgIpc) is 3.44. The predicted molar refractivity (Wildman–Crippen MR) is 127 cm³/mol. The maximum atomic E-state index is 15.2. The molecule has 1 saturated heterocycles. The lowest BCUT2D eigenvalue weighted by Gasteiger charge is -2.32. The first-order valence-electron chi connectivity index (χ1n) is 11.2. The number of hydrogen-bond donors (Lipinski definition) is 2. The fourth-order valence-electron chi connectivity index (χ4n) is 4.20. The summed E-state index contributed by atoms with van der Waals surface area (Å²) in [5.74, 6) is 0.131. The van der Waals surface area contributed by atoms with Gasteiger partial charge in [-0.05, 0) is 32.0 Å². The van der Waals surface area contributed by atoms with Crippen LogP contribution in [-0.4, -0.2) is 72.2 Å². The van der Waals surface area contributed by atoms with Crippen LogP contribution in [0.15, 0.2) is 34.3 Å². The zero-order valence-corrected chi connectivity index (χ0v) is 19.1. The van der Waals surface area contributed by atoms with Crippen LogP contribution < -0.4 is 15.0 Å². The molecule has 3 aliphatic rings. The summed E-state index contributed by atoms with van der Waals surface area (Å²) in [6.07, 6.45) is 3.79. The van der Waals surface area contributed by atoms with Crippen LogP contribution in [-0.2, 0) is 6.42 Å². The number of hydrogen-bond acceptors (Lipinski definition) is 8. The minimum atomic E-state index is -0.613. The molecule has 1 aromatic carbocycles. The van der Waals surface area contributed by atoms with Crippen LogP contribution in [0.3, 0.4) is 0 Å². The van der Waals surface area contributed by atoms with Crippen molar-refractivity contribution in [3.8, 4) is 11.6 Å². The number of fused-ring (bicyclic) bond motifs is 1. The van der Waals surface area contributed by atoms with E-state index in [-0.39, 0.29) is 23.8 Å². The predicted octanol–water partition coefficient (Wildman–Crippen LogP) is 3.00. The number of aliphatic hydroxyl groups is 1. The van der Waals surface area contributed by atoms with Crippen LogP contribution >= 0.6 is 0 Å². The number of amidine groups is 1. The quantitative estimate of drug-likeness (QED) is 0.698. The molecule has 1 aromatic heterocycles. The standard InChI is InChI=1S/C24H26F2N6O2/c1-14-7-16-17(8-14)23(26)19(10-18(16)25)34-22-11-21(28-20-9-15(13-33)12-27-20)29-24(30-22)32-5-3-31(2)4-6-32/h8-11,33H,3-7,12-13H2,1-2H3,(H,27,28,29,30). The lowest BCUT2D eigenvalue weighted by atomic mass is 10.1. The van der Waals surface area contributed by atoms with E-state index in [0.717, 1.165) is 43.4 Å². The third-order valence-electron chi connectivity index (χ3n) is 6.11. The zero-order chi connectivity index (χ0) is 23.8. The summed E-state index contributed by atoms with van der Waals surface area (Å²) in [4.78, 5) is 17.7. The van der Waals surface area contributed by atoms with E-state index in [1.807, 2.05) is 11.8 Å². The molecule has 1 aliphatic carbocycles. The number of halogens is 2. The molecule has 0 saturated carbocycles. The van der Waals surface area contributed by atoms with Gasteiger partial charge in [-0.3, -0.25) is 4.99 Å². The van der Waals surface area contributed by atoms with E-state index in [9.17, 15) is 9.50 Å². The number of aliphatic hydroxyl groups excluding tert-OH is 1. The molecule has 2 aliphatic heterocycles. The number of nitrogens with zero attached hydrogens (tertiary/aromatic N) is 5. The number of aromatic nitrogens is 2. The summed E-state index contributed by atoms with van der Waals surface area (Å²) in [6, 6.07) is 2.60. The Balaban J connectivity index is 1.48. The summed E-state index contributed by atoms with van der Waals surface area (Å²) >= 11 is 0. The molecule has 2 N–H and O–H groups in total. The Morgan fingerprint density at radius 1 is 1.12 bits per heavy atom. The second-order valence-electron chi connectivity index (χ2n) is 8.80. The molecule has 34 heavy (non-hydrogen) atoms. The van der Waals surface area contributed by atoms with Crippen molar-refractivity contribution in [2.75, 3.05) is 56.6 Å². The normalized spacial score (nSPS) is 17.9. The van der Waals surface area contributed by atoms with Crippen molar-refractivity contribution < 1.29 is 18.6 Å². The third-order valence-corrected chi connectivity index (χ3v) is 6.11. The van der Waals surface area contributed by atoms with Crippen molar-refractivity contribution in [3.05, 3.63) is 52.1 Å². The van der Waals surface area contributed by atoms with Crippen molar-refractivity contribution in [2.45, 2.75) is 13.3 Å². The van der Waals surface area contributed by atoms with E-state index in [0.29, 0.717) is 36.1 Å². The first kappa shape index (κ1) is 22.4. The molecule has 0 unspecified atom stereocenters. The van der Waals surface area contributed by atoms with Gasteiger partial charge in [-0.15, -0.1) is 0 Å². The van der Waals surface area contributed by atoms with Gasteiger partial charge in [0.15, 0.2) is 11.6 Å². The minimum Gasteiger partial charge on any atom is -0.436 e. The Hall–Kier alpha value is -3.37. The SMILES string of the molecule is CC1=Cc2c(F)c(Oc3cc(NC4=NCC(CO)=C4)nc(N4CCN(C)CC4)n3)cc(F)c2C1. The van der Waals surface area contributed by atoms with Crippen molar-refractivity contribution in [1.29, 1.82) is 0 Å². The number of rotatable bonds is 5. The van der Waals surface area contributed by atoms with Crippen molar-refractivity contribution in [1.82, 2.24) is 14.9 Å². The molecule has 8 nitrogen and oxygen atoms in total. The van der Waals surface area contributed by atoms with Crippen LogP contribution in [0.25, 0.3) is 6.08 Å². The number of allylic oxidation sites excluding steroid dienone is 1. The molecule has 0 radical (unpaired) electrons. The molecule has 1 fully saturated rings. The molecular formula is C24H26F2N6O2. The van der Waals surface area contributed by atoms with Gasteiger partial charge in [0, 0.05) is 49.4 Å². The summed E-state index contributed by atoms with van der Waals surface area (Å²) in [5, 5.41) is 12.4. The average molecular weight is 469 g/mol. The van der Waals surface area contributed by atoms with Crippen LogP contribution in [0, 0.1) is 11.6 Å². The summed E-state index contributed by atoms with van der Waals surface area (Å²) in [6.45, 7) is 5.32. The second kappa shape index (κ2) is 9.11. The molecular weight excluding hydrogens is 442 g/mol. The van der Waals surface area contributed by atoms with Crippen LogP contribution in [0.1, 0.15) is 18.1 Å². The molecule has 0 bridgehead atoms. The van der Waals surface area contributed by atoms with Gasteiger partial charge in [-0.2, -0.15) is 9.97 Å². The third kappa shape index (κ3) is 4.51. The maximum Gasteiger partial charge on any atom is 0.230 e. The number of ether oxygens (including phenoxy) is 1. The molecule has 10 heteroatoms. The monoisotopic (exact) mass is 468 g/mol. The van der Waals surface area contributed by atoms with Gasteiger partial charge in [0.25, 0.3) is 0 Å². The van der Waals surface area contributed by atoms with Gasteiger partial charge in [-0.25, -0.2) is 8.78 Å². The van der Waals surface area contributed by atoms with Gasteiger partial charge in [0.2, 0.25) is 11.8 Å². The van der Waals surface area contributed by atoms with Crippen LogP contribution in [0.4, 0.5) is 20.5 Å². The summed E-state index contributed by atoms with van der Waals surface area (Å²) < 4.78 is 35.6. The van der Waals surface area contributed by atoms with Crippen molar-refractivity contribution >= 4 is 23.7 Å². The van der Waals surface area contributed by atoms with Gasteiger partial charge in [0.1, 0.15) is 17.5 Å². The van der Waals surface area contributed by atoms with Crippen molar-refractivity contribution in [2.24, 2.45) is 4.99 Å². The Labute approximate surface area is 196 Å². The fraction of sp³-hybridized carbons (Fsp3) is 0.375. The molecule has 178 valence electrons. The summed E-state index contributed by atoms with van der Waals surface area (Å²) in [5.41, 5.74) is 2.24. The number of benzene rings is 1. The van der Waals surface area contributed by atoms with E-state index in [1.54, 1.807) is 12.2 Å². The highest BCUT2D eigenvalue weighted by Crippen LogP contribution is 2.36. The fourth-order valence-corrected chi connectivity index (χ4v) is 4.20. The summed E-state index contributed by atoms with van der Waals surface area (Å²) in [7, 11) is 2.05. The Morgan fingerprint density at radius 2 is 1.91 bits per heavy atom. The molecule has 0 spiro atoms. The Morgan fingerprint density at radius 3 is 2.65 bits per heavy atom. The van der Waals surface area contributed by atoms with Crippen molar-refractivity contribution in [3.63, 3.8) is 0 Å². The van der Waals surface area contributed by atoms with E-state index < -0.39 is 11.6 Å². The number of anilines is 2. The van der Waals surface area contributed by atoms with Crippen LogP contribution in [0.5, 0.6) is 11.6 Å². The highest BCUT2D eigenvalue weighted by molar-refractivity contribution is 6.05. The van der Waals surface area contributed by atoms with Gasteiger partial charge >= 0.3 is 0 Å². The largest absolute Gasteiger partial charge is 0.436 e. The highest BCUT2D eigenvalue weighted by Gasteiger charge is 2.24. The zero-order valence-electron chi connectivity index (χ0n) is 19.1. The number of nitrogens with one attached hydrogen (secondary N) is 1.